The van der Waals surface area contributed by atoms with Crippen LogP contribution in [0.5, 0.6) is 0 Å². The molecule has 1 fully saturated rings. The molecule has 1 aliphatic heterocycles. The first-order valence-corrected chi connectivity index (χ1v) is 11.1. The molecule has 0 aliphatic carbocycles. The van der Waals surface area contributed by atoms with Gasteiger partial charge in [-0.1, -0.05) is 20.8 Å². The maximum Gasteiger partial charge on any atom is 0.516 e. The van der Waals surface area contributed by atoms with Crippen molar-refractivity contribution in [3.05, 3.63) is 0 Å². The zero-order valence-electron chi connectivity index (χ0n) is 15.9. The molecule has 0 aromatic carbocycles. The molecule has 1 rings (SSSR count). The number of carbonyl (C=O) groups is 2. The highest BCUT2D eigenvalue weighted by atomic mass is 28.4. The summed E-state index contributed by atoms with van der Waals surface area (Å²) in [5.41, 5.74) is 0. The first-order chi connectivity index (χ1) is 10.8. The number of hydrogen-bond donors (Lipinski definition) is 0. The molecule has 1 heterocycles. The van der Waals surface area contributed by atoms with Gasteiger partial charge in [0.25, 0.3) is 0 Å². The summed E-state index contributed by atoms with van der Waals surface area (Å²) < 4.78 is 26.7. The van der Waals surface area contributed by atoms with E-state index in [-0.39, 0.29) is 18.3 Å². The first-order valence-electron chi connectivity index (χ1n) is 8.17. The summed E-state index contributed by atoms with van der Waals surface area (Å²) in [6.45, 7) is 15.9. The van der Waals surface area contributed by atoms with Gasteiger partial charge in [-0.15, -0.1) is 0 Å². The minimum Gasteiger partial charge on any atom is -0.434 e. The summed E-state index contributed by atoms with van der Waals surface area (Å²) in [5.74, 6) is -1.79. The molecule has 1 saturated heterocycles. The van der Waals surface area contributed by atoms with Crippen molar-refractivity contribution in [1.82, 2.24) is 0 Å². The van der Waals surface area contributed by atoms with Crippen LogP contribution >= 0.6 is 0 Å². The molecule has 0 bridgehead atoms. The van der Waals surface area contributed by atoms with Crippen molar-refractivity contribution in [2.24, 2.45) is 0 Å². The number of hydrogen-bond acceptors (Lipinski definition) is 7. The van der Waals surface area contributed by atoms with Gasteiger partial charge in [0.2, 0.25) is 0 Å². The second-order valence-corrected chi connectivity index (χ2v) is 12.6. The molecule has 0 unspecified atom stereocenters. The molecule has 0 spiro atoms. The largest absolute Gasteiger partial charge is 0.516 e. The van der Waals surface area contributed by atoms with E-state index in [0.717, 1.165) is 0 Å². The van der Waals surface area contributed by atoms with Crippen molar-refractivity contribution in [3.63, 3.8) is 0 Å². The van der Waals surface area contributed by atoms with Crippen molar-refractivity contribution in [1.29, 1.82) is 0 Å². The van der Waals surface area contributed by atoms with Gasteiger partial charge in [-0.3, -0.25) is 0 Å². The normalized spacial score (nSPS) is 23.8. The summed E-state index contributed by atoms with van der Waals surface area (Å²) in [6, 6.07) is 0. The molecule has 0 aromatic heterocycles. The van der Waals surface area contributed by atoms with Gasteiger partial charge in [-0.25, -0.2) is 9.59 Å². The van der Waals surface area contributed by atoms with Crippen LogP contribution in [0.15, 0.2) is 0 Å². The second kappa shape index (κ2) is 7.51. The smallest absolute Gasteiger partial charge is 0.434 e. The predicted octanol–water partition coefficient (Wildman–Crippen LogP) is 3.23. The van der Waals surface area contributed by atoms with Crippen LogP contribution < -0.4 is 0 Å². The zero-order valence-corrected chi connectivity index (χ0v) is 16.9. The van der Waals surface area contributed by atoms with Crippen LogP contribution in [0, 0.1) is 0 Å². The summed E-state index contributed by atoms with van der Waals surface area (Å²) in [5, 5.41) is 0.0307. The zero-order chi connectivity index (χ0) is 18.8. The van der Waals surface area contributed by atoms with Gasteiger partial charge in [0.05, 0.1) is 13.2 Å². The Hall–Kier alpha value is -0.963. The van der Waals surface area contributed by atoms with Gasteiger partial charge >= 0.3 is 12.1 Å². The SMILES string of the molecule is CCOC(=O)OC(=O)[C@H]1OC(C)(C)O[C@@H]1CO[Si](C)(C)C(C)(C)C. The molecule has 2 atom stereocenters. The van der Waals surface area contributed by atoms with Crippen LogP contribution in [0.4, 0.5) is 4.79 Å². The topological polar surface area (TPSA) is 80.3 Å². The van der Waals surface area contributed by atoms with Crippen molar-refractivity contribution in [2.75, 3.05) is 13.2 Å². The molecule has 0 radical (unpaired) electrons. The standard InChI is InChI=1S/C16H30O7Si/c1-9-19-14(18)21-13(17)12-11(22-16(5,6)23-12)10-20-24(7,8)15(2,3)4/h11-12H,9-10H2,1-8H3/t11-,12+/m1/s1. The van der Waals surface area contributed by atoms with E-state index in [1.807, 2.05) is 0 Å². The third kappa shape index (κ3) is 5.54. The Kier molecular flexibility index (Phi) is 6.60. The molecule has 0 aromatic rings. The molecule has 1 aliphatic rings. The number of esters is 1. The maximum atomic E-state index is 12.2. The van der Waals surface area contributed by atoms with Crippen molar-refractivity contribution in [3.8, 4) is 0 Å². The van der Waals surface area contributed by atoms with Crippen LogP contribution in [0.3, 0.4) is 0 Å². The summed E-state index contributed by atoms with van der Waals surface area (Å²) in [4.78, 5) is 23.5. The predicted molar refractivity (Wildman–Crippen MR) is 90.1 cm³/mol. The molecule has 24 heavy (non-hydrogen) atoms. The highest BCUT2D eigenvalue weighted by Gasteiger charge is 2.48. The van der Waals surface area contributed by atoms with Gasteiger partial charge in [-0.05, 0) is 38.9 Å². The Morgan fingerprint density at radius 3 is 2.25 bits per heavy atom. The van der Waals surface area contributed by atoms with Crippen molar-refractivity contribution >= 4 is 20.4 Å². The molecule has 8 heteroatoms. The van der Waals surface area contributed by atoms with Gasteiger partial charge in [0.1, 0.15) is 6.10 Å². The quantitative estimate of drug-likeness (QED) is 0.422. The van der Waals surface area contributed by atoms with Gasteiger partial charge in [-0.2, -0.15) is 0 Å². The Morgan fingerprint density at radius 1 is 1.17 bits per heavy atom. The van der Waals surface area contributed by atoms with Crippen LogP contribution in [0.2, 0.25) is 18.1 Å². The van der Waals surface area contributed by atoms with Crippen LogP contribution in [-0.2, 0) is 28.2 Å². The van der Waals surface area contributed by atoms with E-state index >= 15 is 0 Å². The Bertz CT molecular complexity index is 468. The van der Waals surface area contributed by atoms with E-state index in [2.05, 4.69) is 43.3 Å². The number of ether oxygens (including phenoxy) is 4. The lowest BCUT2D eigenvalue weighted by atomic mass is 10.2. The van der Waals surface area contributed by atoms with Gasteiger partial charge in [0, 0.05) is 0 Å². The lowest BCUT2D eigenvalue weighted by Crippen LogP contribution is -2.45. The molecule has 140 valence electrons. The van der Waals surface area contributed by atoms with Crippen LogP contribution in [0.1, 0.15) is 41.5 Å². The summed E-state index contributed by atoms with van der Waals surface area (Å²) in [7, 11) is -2.01. The Labute approximate surface area is 145 Å². The third-order valence-electron chi connectivity index (χ3n) is 4.28. The fourth-order valence-electron chi connectivity index (χ4n) is 1.95. The third-order valence-corrected chi connectivity index (χ3v) is 8.78. The van der Waals surface area contributed by atoms with Crippen LogP contribution in [-0.4, -0.2) is 51.7 Å². The first kappa shape index (κ1) is 21.1. The lowest BCUT2D eigenvalue weighted by molar-refractivity contribution is -0.167. The average molecular weight is 362 g/mol. The lowest BCUT2D eigenvalue weighted by Gasteiger charge is -2.37. The highest BCUT2D eigenvalue weighted by Crippen LogP contribution is 2.37. The molecule has 0 amide bonds. The molecule has 0 saturated carbocycles. The van der Waals surface area contributed by atoms with Crippen molar-refractivity contribution < 1.29 is 33.0 Å². The summed E-state index contributed by atoms with van der Waals surface area (Å²) in [6.07, 6.45) is -2.72. The fraction of sp³-hybridized carbons (Fsp3) is 0.875. The fourth-order valence-corrected chi connectivity index (χ4v) is 2.97. The molecule has 0 N–H and O–H groups in total. The highest BCUT2D eigenvalue weighted by molar-refractivity contribution is 6.74. The van der Waals surface area contributed by atoms with Crippen LogP contribution in [0.25, 0.3) is 0 Å². The van der Waals surface area contributed by atoms with Gasteiger partial charge < -0.3 is 23.4 Å². The number of carbonyl (C=O) groups excluding carboxylic acids is 2. The Balaban J connectivity index is 2.76. The minimum absolute atomic E-state index is 0.0307. The second-order valence-electron chi connectivity index (χ2n) is 7.77. The molecular weight excluding hydrogens is 332 g/mol. The summed E-state index contributed by atoms with van der Waals surface area (Å²) >= 11 is 0. The van der Waals surface area contributed by atoms with Crippen molar-refractivity contribution in [2.45, 2.75) is 77.7 Å². The number of rotatable bonds is 5. The maximum absolute atomic E-state index is 12.2. The van der Waals surface area contributed by atoms with E-state index in [1.165, 1.54) is 0 Å². The van der Waals surface area contributed by atoms with E-state index in [4.69, 9.17) is 13.9 Å². The Morgan fingerprint density at radius 2 is 1.75 bits per heavy atom. The van der Waals surface area contributed by atoms with E-state index < -0.39 is 38.4 Å². The minimum atomic E-state index is -2.01. The monoisotopic (exact) mass is 362 g/mol. The average Bonchev–Trinajstić information content (AvgIpc) is 2.71. The van der Waals surface area contributed by atoms with Gasteiger partial charge in [0.15, 0.2) is 20.2 Å². The molecule has 7 nitrogen and oxygen atoms in total. The van der Waals surface area contributed by atoms with E-state index in [1.54, 1.807) is 20.8 Å². The molecular formula is C16H30O7Si. The van der Waals surface area contributed by atoms with E-state index in [0.29, 0.717) is 0 Å². The van der Waals surface area contributed by atoms with E-state index in [9.17, 15) is 9.59 Å².